The lowest BCUT2D eigenvalue weighted by atomic mass is 9.85. The van der Waals surface area contributed by atoms with Gasteiger partial charge < -0.3 is 24.4 Å². The van der Waals surface area contributed by atoms with Crippen LogP contribution in [0.2, 0.25) is 0 Å². The number of para-hydroxylation sites is 2. The topological polar surface area (TPSA) is 63.3 Å². The molecule has 1 N–H and O–H groups in total. The van der Waals surface area contributed by atoms with Crippen LogP contribution in [0.1, 0.15) is 12.8 Å². The summed E-state index contributed by atoms with van der Waals surface area (Å²) in [5.41, 5.74) is 0.0103. The van der Waals surface area contributed by atoms with E-state index < -0.39 is 0 Å². The average Bonchev–Trinajstić information content (AvgIpc) is 2.73. The van der Waals surface area contributed by atoms with Crippen molar-refractivity contribution in [3.8, 4) is 11.5 Å². The minimum absolute atomic E-state index is 0.0103. The summed E-state index contributed by atoms with van der Waals surface area (Å²) in [6.07, 6.45) is 2.11. The minimum atomic E-state index is -0.104. The van der Waals surface area contributed by atoms with Crippen molar-refractivity contribution in [3.05, 3.63) is 24.3 Å². The molecule has 0 unspecified atom stereocenters. The Morgan fingerprint density at radius 1 is 1.15 bits per heavy atom. The highest BCUT2D eigenvalue weighted by molar-refractivity contribution is 5.77. The first-order valence-corrected chi connectivity index (χ1v) is 9.67. The lowest BCUT2D eigenvalue weighted by Gasteiger charge is -2.49. The number of nitrogens with one attached hydrogen (secondary N) is 1. The van der Waals surface area contributed by atoms with Gasteiger partial charge in [-0.1, -0.05) is 12.1 Å². The third-order valence-corrected chi connectivity index (χ3v) is 5.64. The van der Waals surface area contributed by atoms with Gasteiger partial charge in [-0.25, -0.2) is 0 Å². The van der Waals surface area contributed by atoms with Gasteiger partial charge in [0, 0.05) is 25.2 Å². The van der Waals surface area contributed by atoms with Crippen molar-refractivity contribution in [2.24, 2.45) is 0 Å². The van der Waals surface area contributed by atoms with Crippen LogP contribution >= 0.6 is 0 Å². The van der Waals surface area contributed by atoms with Crippen LogP contribution in [0, 0.1) is 0 Å². The smallest absolute Gasteiger partial charge is 0.258 e. The summed E-state index contributed by atoms with van der Waals surface area (Å²) in [6, 6.07) is 7.36. The first kappa shape index (κ1) is 19.9. The van der Waals surface area contributed by atoms with Crippen LogP contribution in [-0.2, 0) is 9.53 Å². The first-order valence-electron chi connectivity index (χ1n) is 9.67. The number of rotatable bonds is 7. The molecule has 150 valence electrons. The van der Waals surface area contributed by atoms with Gasteiger partial charge >= 0.3 is 0 Å². The van der Waals surface area contributed by atoms with E-state index in [1.165, 1.54) is 0 Å². The van der Waals surface area contributed by atoms with Crippen molar-refractivity contribution < 1.29 is 19.0 Å². The molecule has 0 atom stereocenters. The van der Waals surface area contributed by atoms with Gasteiger partial charge in [-0.3, -0.25) is 9.69 Å². The van der Waals surface area contributed by atoms with Gasteiger partial charge in [0.25, 0.3) is 5.91 Å². The molecule has 0 bridgehead atoms. The number of methoxy groups -OCH3 is 1. The van der Waals surface area contributed by atoms with E-state index in [1.807, 2.05) is 18.2 Å². The summed E-state index contributed by atoms with van der Waals surface area (Å²) in [5.74, 6) is 1.11. The van der Waals surface area contributed by atoms with Gasteiger partial charge in [0.15, 0.2) is 18.1 Å². The van der Waals surface area contributed by atoms with Crippen molar-refractivity contribution in [1.82, 2.24) is 15.1 Å². The molecular weight excluding hydrogens is 346 g/mol. The van der Waals surface area contributed by atoms with E-state index in [4.69, 9.17) is 14.2 Å². The highest BCUT2D eigenvalue weighted by Gasteiger charge is 2.40. The van der Waals surface area contributed by atoms with E-state index in [1.54, 1.807) is 13.2 Å². The predicted molar refractivity (Wildman–Crippen MR) is 103 cm³/mol. The summed E-state index contributed by atoms with van der Waals surface area (Å²) >= 11 is 0. The molecule has 1 aromatic carbocycles. The highest BCUT2D eigenvalue weighted by atomic mass is 16.5. The van der Waals surface area contributed by atoms with Gasteiger partial charge in [-0.05, 0) is 45.1 Å². The van der Waals surface area contributed by atoms with Crippen LogP contribution in [0.3, 0.4) is 0 Å². The van der Waals surface area contributed by atoms with Gasteiger partial charge in [0.05, 0.1) is 20.3 Å². The van der Waals surface area contributed by atoms with Gasteiger partial charge in [0.1, 0.15) is 0 Å². The summed E-state index contributed by atoms with van der Waals surface area (Å²) in [5, 5.41) is 3.11. The number of carbonyl (C=O) groups is 1. The molecule has 7 heteroatoms. The Kier molecular flexibility index (Phi) is 6.93. The van der Waals surface area contributed by atoms with Crippen molar-refractivity contribution in [3.63, 3.8) is 0 Å². The number of piperidine rings is 1. The molecule has 0 radical (unpaired) electrons. The molecular formula is C20H31N3O4. The maximum absolute atomic E-state index is 12.4. The number of carbonyl (C=O) groups excluding carboxylic acids is 1. The SMILES string of the molecule is COc1ccccc1OCC(=O)NCC1(N2CCOCC2)CCN(C)CC1. The molecule has 2 aliphatic heterocycles. The quantitative estimate of drug-likeness (QED) is 0.765. The fourth-order valence-electron chi connectivity index (χ4n) is 3.87. The Balaban J connectivity index is 1.55. The first-order chi connectivity index (χ1) is 13.1. The van der Waals surface area contributed by atoms with Crippen LogP contribution in [0.25, 0.3) is 0 Å². The number of morpholine rings is 1. The number of nitrogens with zero attached hydrogens (tertiary/aromatic N) is 2. The third kappa shape index (κ3) is 5.12. The Bertz CT molecular complexity index is 611. The van der Waals surface area contributed by atoms with Gasteiger partial charge in [0.2, 0.25) is 0 Å². The molecule has 0 spiro atoms. The minimum Gasteiger partial charge on any atom is -0.493 e. The standard InChI is InChI=1S/C20H31N3O4/c1-22-9-7-20(8-10-22,23-11-13-26-14-12-23)16-21-19(24)15-27-18-6-4-3-5-17(18)25-2/h3-6H,7-16H2,1-2H3,(H,21,24). The largest absolute Gasteiger partial charge is 0.493 e. The second-order valence-electron chi connectivity index (χ2n) is 7.34. The molecule has 1 amide bonds. The fraction of sp³-hybridized carbons (Fsp3) is 0.650. The number of likely N-dealkylation sites (tertiary alicyclic amines) is 1. The third-order valence-electron chi connectivity index (χ3n) is 5.64. The van der Waals surface area contributed by atoms with Gasteiger partial charge in [-0.2, -0.15) is 0 Å². The van der Waals surface area contributed by atoms with Crippen LogP contribution in [0.5, 0.6) is 11.5 Å². The maximum Gasteiger partial charge on any atom is 0.258 e. The Hall–Kier alpha value is -1.83. The van der Waals surface area contributed by atoms with Crippen LogP contribution < -0.4 is 14.8 Å². The molecule has 2 fully saturated rings. The zero-order valence-electron chi connectivity index (χ0n) is 16.4. The molecule has 2 heterocycles. The van der Waals surface area contributed by atoms with Crippen LogP contribution in [0.4, 0.5) is 0 Å². The molecule has 27 heavy (non-hydrogen) atoms. The Labute approximate surface area is 161 Å². The maximum atomic E-state index is 12.4. The normalized spacial score (nSPS) is 20.8. The summed E-state index contributed by atoms with van der Waals surface area (Å²) < 4.78 is 16.4. The molecule has 0 aromatic heterocycles. The lowest BCUT2D eigenvalue weighted by Crippen LogP contribution is -2.62. The highest BCUT2D eigenvalue weighted by Crippen LogP contribution is 2.29. The van der Waals surface area contributed by atoms with Crippen LogP contribution in [-0.4, -0.2) is 87.9 Å². The zero-order chi connectivity index (χ0) is 19.1. The summed E-state index contributed by atoms with van der Waals surface area (Å²) in [7, 11) is 3.75. The van der Waals surface area contributed by atoms with Crippen molar-refractivity contribution in [1.29, 1.82) is 0 Å². The van der Waals surface area contributed by atoms with Crippen LogP contribution in [0.15, 0.2) is 24.3 Å². The van der Waals surface area contributed by atoms with Crippen molar-refractivity contribution in [2.75, 3.05) is 66.7 Å². The van der Waals surface area contributed by atoms with Gasteiger partial charge in [-0.15, -0.1) is 0 Å². The van der Waals surface area contributed by atoms with E-state index in [0.717, 1.165) is 52.2 Å². The molecule has 1 aromatic rings. The van der Waals surface area contributed by atoms with E-state index in [9.17, 15) is 4.79 Å². The van der Waals surface area contributed by atoms with E-state index in [2.05, 4.69) is 22.2 Å². The van der Waals surface area contributed by atoms with Crippen molar-refractivity contribution >= 4 is 5.91 Å². The average molecular weight is 377 g/mol. The van der Waals surface area contributed by atoms with E-state index in [0.29, 0.717) is 18.0 Å². The molecule has 2 aliphatic rings. The second-order valence-corrected chi connectivity index (χ2v) is 7.34. The number of amides is 1. The lowest BCUT2D eigenvalue weighted by molar-refractivity contribution is -0.124. The molecule has 7 nitrogen and oxygen atoms in total. The molecule has 2 saturated heterocycles. The Morgan fingerprint density at radius 2 is 1.81 bits per heavy atom. The molecule has 0 aliphatic carbocycles. The number of ether oxygens (including phenoxy) is 3. The summed E-state index contributed by atoms with van der Waals surface area (Å²) in [6.45, 7) is 6.11. The van der Waals surface area contributed by atoms with Crippen molar-refractivity contribution in [2.45, 2.75) is 18.4 Å². The Morgan fingerprint density at radius 3 is 2.48 bits per heavy atom. The molecule has 0 saturated carbocycles. The predicted octanol–water partition coefficient (Wildman–Crippen LogP) is 0.987. The number of hydrogen-bond donors (Lipinski definition) is 1. The number of benzene rings is 1. The second kappa shape index (κ2) is 9.39. The number of hydrogen-bond acceptors (Lipinski definition) is 6. The fourth-order valence-corrected chi connectivity index (χ4v) is 3.87. The van der Waals surface area contributed by atoms with E-state index >= 15 is 0 Å². The zero-order valence-corrected chi connectivity index (χ0v) is 16.4. The summed E-state index contributed by atoms with van der Waals surface area (Å²) in [4.78, 5) is 17.3. The molecule has 3 rings (SSSR count). The van der Waals surface area contributed by atoms with E-state index in [-0.39, 0.29) is 18.1 Å². The monoisotopic (exact) mass is 377 g/mol.